The summed E-state index contributed by atoms with van der Waals surface area (Å²) < 4.78 is 13.7. The Kier molecular flexibility index (Phi) is 3.42. The number of nitrogens with one attached hydrogen (secondary N) is 1. The van der Waals surface area contributed by atoms with Crippen LogP contribution >= 0.6 is 0 Å². The van der Waals surface area contributed by atoms with E-state index >= 15 is 0 Å². The van der Waals surface area contributed by atoms with E-state index in [1.807, 2.05) is 20.8 Å². The Labute approximate surface area is 110 Å². The van der Waals surface area contributed by atoms with Gasteiger partial charge in [-0.15, -0.1) is 0 Å². The Morgan fingerprint density at radius 3 is 2.68 bits per heavy atom. The van der Waals surface area contributed by atoms with Crippen LogP contribution in [-0.4, -0.2) is 16.1 Å². The van der Waals surface area contributed by atoms with Crippen LogP contribution in [0.1, 0.15) is 25.1 Å². The van der Waals surface area contributed by atoms with Crippen LogP contribution in [0.3, 0.4) is 0 Å². The van der Waals surface area contributed by atoms with Crippen molar-refractivity contribution >= 4 is 22.4 Å². The fraction of sp³-hybridized carbons (Fsp3) is 0.267. The lowest BCUT2D eigenvalue weighted by atomic mass is 9.92. The van der Waals surface area contributed by atoms with Crippen LogP contribution in [0.15, 0.2) is 24.3 Å². The Morgan fingerprint density at radius 1 is 1.42 bits per heavy atom. The second-order valence-corrected chi connectivity index (χ2v) is 4.88. The van der Waals surface area contributed by atoms with Crippen LogP contribution < -0.4 is 0 Å². The normalized spacial score (nSPS) is 12.4. The molecule has 0 saturated carbocycles. The highest BCUT2D eigenvalue weighted by Gasteiger charge is 2.18. The van der Waals surface area contributed by atoms with Gasteiger partial charge in [0.15, 0.2) is 0 Å². The molecule has 0 atom stereocenters. The molecule has 0 amide bonds. The number of rotatable bonds is 3. The maximum atomic E-state index is 13.7. The zero-order chi connectivity index (χ0) is 14.2. The number of allylic oxidation sites excluding steroid dienone is 1. The fourth-order valence-corrected chi connectivity index (χ4v) is 2.34. The van der Waals surface area contributed by atoms with Crippen molar-refractivity contribution in [3.63, 3.8) is 0 Å². The number of benzene rings is 1. The van der Waals surface area contributed by atoms with Gasteiger partial charge in [0, 0.05) is 22.7 Å². The van der Waals surface area contributed by atoms with Gasteiger partial charge in [-0.25, -0.2) is 9.18 Å². The molecule has 0 aliphatic carbocycles. The van der Waals surface area contributed by atoms with Crippen molar-refractivity contribution in [2.45, 2.75) is 20.8 Å². The molecule has 1 heterocycles. The summed E-state index contributed by atoms with van der Waals surface area (Å²) in [4.78, 5) is 14.0. The molecule has 0 spiro atoms. The van der Waals surface area contributed by atoms with Crippen LogP contribution in [0.2, 0.25) is 0 Å². The van der Waals surface area contributed by atoms with E-state index < -0.39 is 5.97 Å². The summed E-state index contributed by atoms with van der Waals surface area (Å²) in [6.07, 6.45) is 1.20. The van der Waals surface area contributed by atoms with E-state index in [0.717, 1.165) is 16.6 Å². The minimum Gasteiger partial charge on any atom is -0.478 e. The number of para-hydroxylation sites is 1. The smallest absolute Gasteiger partial charge is 0.328 e. The van der Waals surface area contributed by atoms with E-state index in [2.05, 4.69) is 4.98 Å². The zero-order valence-corrected chi connectivity index (χ0v) is 11.1. The topological polar surface area (TPSA) is 53.1 Å². The van der Waals surface area contributed by atoms with E-state index in [9.17, 15) is 9.18 Å². The summed E-state index contributed by atoms with van der Waals surface area (Å²) in [6.45, 7) is 5.67. The van der Waals surface area contributed by atoms with Crippen molar-refractivity contribution in [2.24, 2.45) is 5.92 Å². The molecule has 0 radical (unpaired) electrons. The van der Waals surface area contributed by atoms with Crippen LogP contribution in [0, 0.1) is 18.7 Å². The van der Waals surface area contributed by atoms with Crippen molar-refractivity contribution in [2.75, 3.05) is 0 Å². The molecule has 100 valence electrons. The fourth-order valence-electron chi connectivity index (χ4n) is 2.34. The second kappa shape index (κ2) is 4.88. The first-order chi connectivity index (χ1) is 8.91. The number of carbonyl (C=O) groups is 1. The highest BCUT2D eigenvalue weighted by molar-refractivity contribution is 5.99. The first-order valence-corrected chi connectivity index (χ1v) is 6.13. The van der Waals surface area contributed by atoms with Gasteiger partial charge < -0.3 is 10.1 Å². The van der Waals surface area contributed by atoms with Crippen molar-refractivity contribution in [3.05, 3.63) is 41.3 Å². The predicted octanol–water partition coefficient (Wildman–Crippen LogP) is 3.74. The lowest BCUT2D eigenvalue weighted by molar-refractivity contribution is -0.131. The summed E-state index contributed by atoms with van der Waals surface area (Å²) >= 11 is 0. The molecule has 4 heteroatoms. The highest BCUT2D eigenvalue weighted by atomic mass is 19.1. The molecular formula is C15H16FNO2. The monoisotopic (exact) mass is 261 g/mol. The third-order valence-electron chi connectivity index (χ3n) is 3.16. The van der Waals surface area contributed by atoms with Gasteiger partial charge in [-0.3, -0.25) is 0 Å². The minimum absolute atomic E-state index is 0.0390. The van der Waals surface area contributed by atoms with Gasteiger partial charge in [0.1, 0.15) is 5.82 Å². The Morgan fingerprint density at radius 2 is 2.11 bits per heavy atom. The van der Waals surface area contributed by atoms with E-state index in [1.165, 1.54) is 12.1 Å². The lowest BCUT2D eigenvalue weighted by Crippen LogP contribution is -1.99. The summed E-state index contributed by atoms with van der Waals surface area (Å²) in [6, 6.07) is 4.82. The number of carboxylic acid groups (broad SMARTS) is 1. The molecule has 2 N–H and O–H groups in total. The number of H-pyrrole nitrogens is 1. The molecule has 0 aliphatic heterocycles. The van der Waals surface area contributed by atoms with Crippen molar-refractivity contribution in [1.82, 2.24) is 4.98 Å². The Hall–Kier alpha value is -2.10. The molecule has 0 unspecified atom stereocenters. The molecule has 1 aromatic carbocycles. The van der Waals surface area contributed by atoms with E-state index in [4.69, 9.17) is 5.11 Å². The lowest BCUT2D eigenvalue weighted by Gasteiger charge is -2.11. The van der Waals surface area contributed by atoms with Gasteiger partial charge >= 0.3 is 5.97 Å². The van der Waals surface area contributed by atoms with E-state index in [-0.39, 0.29) is 11.7 Å². The molecule has 0 saturated heterocycles. The first-order valence-electron chi connectivity index (χ1n) is 6.13. The van der Waals surface area contributed by atoms with Crippen LogP contribution in [-0.2, 0) is 4.79 Å². The van der Waals surface area contributed by atoms with Crippen LogP contribution in [0.25, 0.3) is 16.5 Å². The summed E-state index contributed by atoms with van der Waals surface area (Å²) in [5.41, 5.74) is 2.68. The number of hydrogen-bond donors (Lipinski definition) is 2. The standard InChI is InChI=1S/C15H16FNO2/c1-8(2)11(7-13(18)19)14-9(3)17-15-10(14)5-4-6-12(15)16/h4-8,17H,1-3H3,(H,18,19)/b11-7+. The average Bonchev–Trinajstić information content (AvgIpc) is 2.64. The molecule has 19 heavy (non-hydrogen) atoms. The van der Waals surface area contributed by atoms with Crippen LogP contribution in [0.4, 0.5) is 4.39 Å². The minimum atomic E-state index is -0.992. The number of aromatic amines is 1. The molecule has 0 aliphatic rings. The van der Waals surface area contributed by atoms with E-state index in [0.29, 0.717) is 11.1 Å². The predicted molar refractivity (Wildman–Crippen MR) is 73.4 cm³/mol. The number of aryl methyl sites for hydroxylation is 1. The average molecular weight is 261 g/mol. The highest BCUT2D eigenvalue weighted by Crippen LogP contribution is 2.33. The SMILES string of the molecule is Cc1[nH]c2c(F)cccc2c1/C(=C/C(=O)O)C(C)C. The number of aromatic nitrogens is 1. The quantitative estimate of drug-likeness (QED) is 0.827. The van der Waals surface area contributed by atoms with Crippen molar-refractivity contribution in [1.29, 1.82) is 0 Å². The third kappa shape index (κ3) is 2.38. The molecular weight excluding hydrogens is 245 g/mol. The maximum Gasteiger partial charge on any atom is 0.328 e. The zero-order valence-electron chi connectivity index (χ0n) is 11.1. The molecule has 2 aromatic rings. The van der Waals surface area contributed by atoms with Crippen molar-refractivity contribution < 1.29 is 14.3 Å². The maximum absolute atomic E-state index is 13.7. The van der Waals surface area contributed by atoms with Gasteiger partial charge in [0.25, 0.3) is 0 Å². The van der Waals surface area contributed by atoms with Gasteiger partial charge in [0.05, 0.1) is 5.52 Å². The molecule has 3 nitrogen and oxygen atoms in total. The third-order valence-corrected chi connectivity index (χ3v) is 3.16. The number of fused-ring (bicyclic) bond motifs is 1. The molecule has 0 fully saturated rings. The Balaban J connectivity index is 2.77. The van der Waals surface area contributed by atoms with Gasteiger partial charge in [-0.1, -0.05) is 26.0 Å². The van der Waals surface area contributed by atoms with Gasteiger partial charge in [-0.05, 0) is 24.5 Å². The number of halogens is 1. The first kappa shape index (κ1) is 13.3. The number of aliphatic carboxylic acids is 1. The van der Waals surface area contributed by atoms with Crippen molar-refractivity contribution in [3.8, 4) is 0 Å². The van der Waals surface area contributed by atoms with Gasteiger partial charge in [0.2, 0.25) is 0 Å². The molecule has 1 aromatic heterocycles. The molecule has 0 bridgehead atoms. The summed E-state index contributed by atoms with van der Waals surface area (Å²) in [7, 11) is 0. The van der Waals surface area contributed by atoms with Gasteiger partial charge in [-0.2, -0.15) is 0 Å². The number of hydrogen-bond acceptors (Lipinski definition) is 1. The molecule has 2 rings (SSSR count). The number of carboxylic acids is 1. The van der Waals surface area contributed by atoms with E-state index in [1.54, 1.807) is 12.1 Å². The van der Waals surface area contributed by atoms with Crippen LogP contribution in [0.5, 0.6) is 0 Å². The summed E-state index contributed by atoms with van der Waals surface area (Å²) in [5, 5.41) is 9.71. The second-order valence-electron chi connectivity index (χ2n) is 4.88. The summed E-state index contributed by atoms with van der Waals surface area (Å²) in [5.74, 6) is -1.28. The Bertz CT molecular complexity index is 668. The largest absolute Gasteiger partial charge is 0.478 e.